The fraction of sp³-hybridized carbons (Fsp3) is 0.0588. The SMILES string of the molecule is O=C(Cc1cccs1)Nc1ccc(Nc2ccc(Cl)cc2Cl)nc1. The predicted octanol–water partition coefficient (Wildman–Crippen LogP) is 5.37. The summed E-state index contributed by atoms with van der Waals surface area (Å²) >= 11 is 13.5. The van der Waals surface area contributed by atoms with Gasteiger partial charge >= 0.3 is 0 Å². The lowest BCUT2D eigenvalue weighted by Gasteiger charge is -2.09. The van der Waals surface area contributed by atoms with Crippen LogP contribution in [0.15, 0.2) is 54.0 Å². The lowest BCUT2D eigenvalue weighted by atomic mass is 10.3. The van der Waals surface area contributed by atoms with E-state index in [2.05, 4.69) is 15.6 Å². The van der Waals surface area contributed by atoms with Crippen LogP contribution >= 0.6 is 34.5 Å². The van der Waals surface area contributed by atoms with Gasteiger partial charge in [-0.05, 0) is 41.8 Å². The third kappa shape index (κ3) is 4.47. The quantitative estimate of drug-likeness (QED) is 0.627. The molecule has 0 unspecified atom stereocenters. The number of carbonyl (C=O) groups excluding carboxylic acids is 1. The van der Waals surface area contributed by atoms with Crippen molar-refractivity contribution in [3.05, 3.63) is 69.0 Å². The number of thiophene rings is 1. The van der Waals surface area contributed by atoms with Crippen LogP contribution in [-0.2, 0) is 11.2 Å². The van der Waals surface area contributed by atoms with Crippen molar-refractivity contribution >= 4 is 57.6 Å². The van der Waals surface area contributed by atoms with Gasteiger partial charge in [0.25, 0.3) is 0 Å². The largest absolute Gasteiger partial charge is 0.339 e. The van der Waals surface area contributed by atoms with Gasteiger partial charge in [-0.2, -0.15) is 0 Å². The minimum Gasteiger partial charge on any atom is -0.339 e. The number of amides is 1. The number of carbonyl (C=O) groups is 1. The summed E-state index contributed by atoms with van der Waals surface area (Å²) in [4.78, 5) is 17.3. The highest BCUT2D eigenvalue weighted by Crippen LogP contribution is 2.27. The molecule has 0 spiro atoms. The van der Waals surface area contributed by atoms with Crippen LogP contribution in [0.1, 0.15) is 4.88 Å². The number of halogens is 2. The van der Waals surface area contributed by atoms with E-state index >= 15 is 0 Å². The van der Waals surface area contributed by atoms with Crippen molar-refractivity contribution in [3.63, 3.8) is 0 Å². The number of anilines is 3. The number of hydrogen-bond donors (Lipinski definition) is 2. The van der Waals surface area contributed by atoms with Crippen LogP contribution in [0.25, 0.3) is 0 Å². The molecule has 2 heterocycles. The Morgan fingerprint density at radius 2 is 2.04 bits per heavy atom. The normalized spacial score (nSPS) is 10.4. The van der Waals surface area contributed by atoms with E-state index in [9.17, 15) is 4.79 Å². The van der Waals surface area contributed by atoms with Gasteiger partial charge in [0.2, 0.25) is 5.91 Å². The molecular formula is C17H13Cl2N3OS. The summed E-state index contributed by atoms with van der Waals surface area (Å²) < 4.78 is 0. The molecule has 4 nitrogen and oxygen atoms in total. The zero-order valence-electron chi connectivity index (χ0n) is 12.4. The third-order valence-corrected chi connectivity index (χ3v) is 4.58. The molecule has 0 saturated carbocycles. The molecule has 0 atom stereocenters. The second-order valence-corrected chi connectivity index (χ2v) is 6.86. The first-order chi connectivity index (χ1) is 11.6. The summed E-state index contributed by atoms with van der Waals surface area (Å²) in [5.74, 6) is 0.552. The molecule has 0 bridgehead atoms. The van der Waals surface area contributed by atoms with Crippen LogP contribution in [0.5, 0.6) is 0 Å². The van der Waals surface area contributed by atoms with Gasteiger partial charge in [0.15, 0.2) is 0 Å². The maximum atomic E-state index is 12.0. The van der Waals surface area contributed by atoms with E-state index in [1.54, 1.807) is 47.9 Å². The topological polar surface area (TPSA) is 54.0 Å². The molecule has 0 radical (unpaired) electrons. The fourth-order valence-corrected chi connectivity index (χ4v) is 3.21. The molecule has 1 amide bonds. The first kappa shape index (κ1) is 16.8. The monoisotopic (exact) mass is 377 g/mol. The number of pyridine rings is 1. The van der Waals surface area contributed by atoms with Crippen molar-refractivity contribution in [2.45, 2.75) is 6.42 Å². The highest BCUT2D eigenvalue weighted by Gasteiger charge is 2.06. The molecule has 2 aromatic heterocycles. The highest BCUT2D eigenvalue weighted by molar-refractivity contribution is 7.10. The number of nitrogens with one attached hydrogen (secondary N) is 2. The summed E-state index contributed by atoms with van der Waals surface area (Å²) in [5.41, 5.74) is 1.35. The van der Waals surface area contributed by atoms with Gasteiger partial charge < -0.3 is 10.6 Å². The van der Waals surface area contributed by atoms with E-state index in [1.807, 2.05) is 17.5 Å². The lowest BCUT2D eigenvalue weighted by Crippen LogP contribution is -2.13. The maximum absolute atomic E-state index is 12.0. The number of hydrogen-bond acceptors (Lipinski definition) is 4. The highest BCUT2D eigenvalue weighted by atomic mass is 35.5. The second-order valence-electron chi connectivity index (χ2n) is 4.99. The first-order valence-corrected chi connectivity index (χ1v) is 8.74. The predicted molar refractivity (Wildman–Crippen MR) is 101 cm³/mol. The minimum atomic E-state index is -0.0688. The van der Waals surface area contributed by atoms with Crippen LogP contribution in [0.4, 0.5) is 17.2 Å². The Morgan fingerprint density at radius 1 is 1.17 bits per heavy atom. The molecule has 0 aliphatic rings. The van der Waals surface area contributed by atoms with E-state index in [0.717, 1.165) is 4.88 Å². The van der Waals surface area contributed by atoms with Gasteiger partial charge in [-0.1, -0.05) is 29.3 Å². The van der Waals surface area contributed by atoms with Crippen LogP contribution in [-0.4, -0.2) is 10.9 Å². The molecule has 24 heavy (non-hydrogen) atoms. The van der Waals surface area contributed by atoms with E-state index in [1.165, 1.54) is 0 Å². The molecule has 0 saturated heterocycles. The van der Waals surface area contributed by atoms with Crippen molar-refractivity contribution < 1.29 is 4.79 Å². The Balaban J connectivity index is 1.61. The molecule has 2 N–H and O–H groups in total. The molecule has 0 fully saturated rings. The van der Waals surface area contributed by atoms with Crippen LogP contribution < -0.4 is 10.6 Å². The maximum Gasteiger partial charge on any atom is 0.229 e. The third-order valence-electron chi connectivity index (χ3n) is 3.16. The molecule has 3 aromatic rings. The first-order valence-electron chi connectivity index (χ1n) is 7.10. The molecule has 0 aliphatic carbocycles. The molecule has 7 heteroatoms. The molecule has 122 valence electrons. The Hall–Kier alpha value is -2.08. The van der Waals surface area contributed by atoms with Crippen molar-refractivity contribution in [2.24, 2.45) is 0 Å². The minimum absolute atomic E-state index is 0.0688. The van der Waals surface area contributed by atoms with Crippen molar-refractivity contribution in [1.82, 2.24) is 4.98 Å². The van der Waals surface area contributed by atoms with Crippen molar-refractivity contribution in [2.75, 3.05) is 10.6 Å². The average molecular weight is 378 g/mol. The summed E-state index contributed by atoms with van der Waals surface area (Å²) in [6.45, 7) is 0. The molecule has 3 rings (SSSR count). The van der Waals surface area contributed by atoms with Gasteiger partial charge in [0.05, 0.1) is 29.0 Å². The summed E-state index contributed by atoms with van der Waals surface area (Å²) in [6, 6.07) is 12.6. The van der Waals surface area contributed by atoms with E-state index in [-0.39, 0.29) is 5.91 Å². The molecule has 1 aromatic carbocycles. The number of rotatable bonds is 5. The number of nitrogens with zero attached hydrogens (tertiary/aromatic N) is 1. The van der Waals surface area contributed by atoms with Gasteiger partial charge in [-0.3, -0.25) is 4.79 Å². The summed E-state index contributed by atoms with van der Waals surface area (Å²) in [6.07, 6.45) is 1.95. The molecular weight excluding hydrogens is 365 g/mol. The van der Waals surface area contributed by atoms with Crippen LogP contribution in [0.2, 0.25) is 10.0 Å². The Labute approximate surface area is 153 Å². The average Bonchev–Trinajstić information content (AvgIpc) is 3.04. The lowest BCUT2D eigenvalue weighted by molar-refractivity contribution is -0.115. The zero-order chi connectivity index (χ0) is 16.9. The van der Waals surface area contributed by atoms with Gasteiger partial charge in [0.1, 0.15) is 5.82 Å². The zero-order valence-corrected chi connectivity index (χ0v) is 14.8. The van der Waals surface area contributed by atoms with Crippen LogP contribution in [0, 0.1) is 0 Å². The van der Waals surface area contributed by atoms with Gasteiger partial charge in [-0.15, -0.1) is 11.3 Å². The van der Waals surface area contributed by atoms with Gasteiger partial charge in [0, 0.05) is 9.90 Å². The van der Waals surface area contributed by atoms with Gasteiger partial charge in [-0.25, -0.2) is 4.98 Å². The van der Waals surface area contributed by atoms with E-state index in [4.69, 9.17) is 23.2 Å². The summed E-state index contributed by atoms with van der Waals surface area (Å²) in [7, 11) is 0. The number of aromatic nitrogens is 1. The summed E-state index contributed by atoms with van der Waals surface area (Å²) in [5, 5.41) is 8.96. The Bertz CT molecular complexity index is 836. The van der Waals surface area contributed by atoms with E-state index < -0.39 is 0 Å². The van der Waals surface area contributed by atoms with E-state index in [0.29, 0.717) is 33.7 Å². The van der Waals surface area contributed by atoms with Crippen molar-refractivity contribution in [1.29, 1.82) is 0 Å². The Morgan fingerprint density at radius 3 is 2.71 bits per heavy atom. The Kier molecular flexibility index (Phi) is 5.35. The van der Waals surface area contributed by atoms with Crippen LogP contribution in [0.3, 0.4) is 0 Å². The molecule has 0 aliphatic heterocycles. The number of benzene rings is 1. The van der Waals surface area contributed by atoms with Crippen molar-refractivity contribution in [3.8, 4) is 0 Å². The fourth-order valence-electron chi connectivity index (χ4n) is 2.05. The standard InChI is InChI=1S/C17H13Cl2N3OS/c18-11-3-5-15(14(19)8-11)22-16-6-4-12(10-20-16)21-17(23)9-13-2-1-7-24-13/h1-8,10H,9H2,(H,20,22)(H,21,23). The smallest absolute Gasteiger partial charge is 0.229 e. The second kappa shape index (κ2) is 7.66.